The Morgan fingerprint density at radius 1 is 1.03 bits per heavy atom. The monoisotopic (exact) mass is 396 g/mol. The summed E-state index contributed by atoms with van der Waals surface area (Å²) in [5, 5.41) is 0. The Hall–Kier alpha value is -2.67. The van der Waals surface area contributed by atoms with Gasteiger partial charge in [-0.2, -0.15) is 0 Å². The van der Waals surface area contributed by atoms with Gasteiger partial charge in [-0.05, 0) is 31.5 Å². The van der Waals surface area contributed by atoms with Crippen LogP contribution in [0.2, 0.25) is 0 Å². The first-order valence-corrected chi connectivity index (χ1v) is 9.55. The van der Waals surface area contributed by atoms with Crippen molar-refractivity contribution in [2.45, 2.75) is 50.8 Å². The Labute approximate surface area is 170 Å². The van der Waals surface area contributed by atoms with Gasteiger partial charge in [-0.3, -0.25) is 0 Å². The fourth-order valence-electron chi connectivity index (χ4n) is 3.49. The van der Waals surface area contributed by atoms with Crippen molar-refractivity contribution in [2.75, 3.05) is 0 Å². The molecule has 4 atom stereocenters. The molecule has 6 nitrogen and oxygen atoms in total. The molecule has 2 aliphatic rings. The molecule has 0 bridgehead atoms. The third-order valence-electron chi connectivity index (χ3n) is 4.82. The molecule has 6 heteroatoms. The van der Waals surface area contributed by atoms with Crippen molar-refractivity contribution < 1.29 is 28.5 Å². The largest absolute Gasteiger partial charge is 0.463 e. The second-order valence-corrected chi connectivity index (χ2v) is 7.51. The molecule has 2 aromatic carbocycles. The third kappa shape index (κ3) is 4.34. The predicted molar refractivity (Wildman–Crippen MR) is 105 cm³/mol. The van der Waals surface area contributed by atoms with Crippen LogP contribution in [-0.4, -0.2) is 36.4 Å². The number of carbonyl (C=O) groups excluding carboxylic acids is 1. The quantitative estimate of drug-likeness (QED) is 0.716. The first-order chi connectivity index (χ1) is 13.9. The third-order valence-corrected chi connectivity index (χ3v) is 4.82. The van der Waals surface area contributed by atoms with Gasteiger partial charge in [0.2, 0.25) is 6.29 Å². The number of rotatable bonds is 5. The zero-order valence-corrected chi connectivity index (χ0v) is 16.4. The molecular formula is C23H24O6. The summed E-state index contributed by atoms with van der Waals surface area (Å²) in [5.74, 6) is -0.939. The van der Waals surface area contributed by atoms with Gasteiger partial charge in [0, 0.05) is 0 Å². The number of hydrogen-bond acceptors (Lipinski definition) is 6. The minimum atomic E-state index is -0.867. The van der Waals surface area contributed by atoms with Gasteiger partial charge < -0.3 is 23.7 Å². The molecule has 2 aliphatic heterocycles. The van der Waals surface area contributed by atoms with Crippen LogP contribution in [0.5, 0.6) is 0 Å². The molecule has 0 radical (unpaired) electrons. The minimum absolute atomic E-state index is 0.291. The standard InChI is InChI=1S/C23H24O6/c1-15-18-19(29-23(2,3)28-18)20(27-21(24)17-12-8-5-9-13-17)22(26-15)25-14-16-10-6-4-7-11-16/h4-13,18-20,22H,1,14H2,2-3H3/t18-,19-,20+,22+/m0/s1. The van der Waals surface area contributed by atoms with Crippen LogP contribution in [0.25, 0.3) is 0 Å². The van der Waals surface area contributed by atoms with Gasteiger partial charge in [-0.15, -0.1) is 0 Å². The van der Waals surface area contributed by atoms with Crippen LogP contribution in [0.1, 0.15) is 29.8 Å². The van der Waals surface area contributed by atoms with Gasteiger partial charge in [0.25, 0.3) is 0 Å². The van der Waals surface area contributed by atoms with E-state index in [1.54, 1.807) is 38.1 Å². The van der Waals surface area contributed by atoms with Gasteiger partial charge in [-0.25, -0.2) is 4.79 Å². The molecule has 2 aromatic rings. The molecule has 4 rings (SSSR count). The summed E-state index contributed by atoms with van der Waals surface area (Å²) in [7, 11) is 0. The second kappa shape index (κ2) is 7.99. The molecule has 0 N–H and O–H groups in total. The maximum Gasteiger partial charge on any atom is 0.338 e. The molecule has 152 valence electrons. The Bertz CT molecular complexity index is 863. The zero-order chi connectivity index (χ0) is 20.4. The van der Waals surface area contributed by atoms with E-state index in [9.17, 15) is 4.79 Å². The van der Waals surface area contributed by atoms with Gasteiger partial charge in [0.05, 0.1) is 12.2 Å². The smallest absolute Gasteiger partial charge is 0.338 e. The van der Waals surface area contributed by atoms with E-state index in [0.29, 0.717) is 17.9 Å². The SMILES string of the molecule is C=C1O[C@@H](OCc2ccccc2)[C@H](OC(=O)c2ccccc2)[C@H]2OC(C)(C)O[C@@H]12. The first-order valence-electron chi connectivity index (χ1n) is 9.55. The second-order valence-electron chi connectivity index (χ2n) is 7.51. The maximum absolute atomic E-state index is 12.7. The van der Waals surface area contributed by atoms with E-state index in [0.717, 1.165) is 5.56 Å². The summed E-state index contributed by atoms with van der Waals surface area (Å²) < 4.78 is 29.6. The lowest BCUT2D eigenvalue weighted by atomic mass is 10.0. The average molecular weight is 396 g/mol. The lowest BCUT2D eigenvalue weighted by molar-refractivity contribution is -0.233. The normalized spacial score (nSPS) is 27.7. The summed E-state index contributed by atoms with van der Waals surface area (Å²) in [5.41, 5.74) is 1.41. The summed E-state index contributed by atoms with van der Waals surface area (Å²) in [6, 6.07) is 18.5. The van der Waals surface area contributed by atoms with Crippen LogP contribution in [0.15, 0.2) is 73.0 Å². The van der Waals surface area contributed by atoms with Gasteiger partial charge in [0.15, 0.2) is 11.9 Å². The summed E-state index contributed by atoms with van der Waals surface area (Å²) in [6.45, 7) is 7.84. The highest BCUT2D eigenvalue weighted by atomic mass is 16.8. The number of hydrogen-bond donors (Lipinski definition) is 0. The van der Waals surface area contributed by atoms with E-state index in [1.807, 2.05) is 36.4 Å². The van der Waals surface area contributed by atoms with E-state index in [-0.39, 0.29) is 0 Å². The first kappa shape index (κ1) is 19.6. The van der Waals surface area contributed by atoms with Crippen LogP contribution >= 0.6 is 0 Å². The Kier molecular flexibility index (Phi) is 5.41. The molecule has 2 saturated heterocycles. The lowest BCUT2D eigenvalue weighted by Gasteiger charge is -2.38. The molecule has 0 amide bonds. The van der Waals surface area contributed by atoms with E-state index in [2.05, 4.69) is 6.58 Å². The van der Waals surface area contributed by atoms with Crippen molar-refractivity contribution in [3.63, 3.8) is 0 Å². The fraction of sp³-hybridized carbons (Fsp3) is 0.348. The molecule has 0 saturated carbocycles. The van der Waals surface area contributed by atoms with Crippen LogP contribution in [0, 0.1) is 0 Å². The Morgan fingerprint density at radius 3 is 2.38 bits per heavy atom. The van der Waals surface area contributed by atoms with E-state index in [4.69, 9.17) is 23.7 Å². The number of esters is 1. The lowest BCUT2D eigenvalue weighted by Crippen LogP contribution is -2.53. The van der Waals surface area contributed by atoms with Crippen LogP contribution in [-0.2, 0) is 30.3 Å². The van der Waals surface area contributed by atoms with Crippen molar-refractivity contribution >= 4 is 5.97 Å². The average Bonchev–Trinajstić information content (AvgIpc) is 3.06. The topological polar surface area (TPSA) is 63.2 Å². The van der Waals surface area contributed by atoms with E-state index < -0.39 is 36.4 Å². The van der Waals surface area contributed by atoms with Crippen molar-refractivity contribution in [3.8, 4) is 0 Å². The molecule has 0 aliphatic carbocycles. The highest BCUT2D eigenvalue weighted by Crippen LogP contribution is 2.40. The summed E-state index contributed by atoms with van der Waals surface area (Å²) >= 11 is 0. The van der Waals surface area contributed by atoms with Gasteiger partial charge >= 0.3 is 5.97 Å². The van der Waals surface area contributed by atoms with Gasteiger partial charge in [-0.1, -0.05) is 55.1 Å². The highest BCUT2D eigenvalue weighted by Gasteiger charge is 2.55. The number of fused-ring (bicyclic) bond motifs is 1. The van der Waals surface area contributed by atoms with Crippen LogP contribution < -0.4 is 0 Å². The predicted octanol–water partition coefficient (Wildman–Crippen LogP) is 3.82. The van der Waals surface area contributed by atoms with Crippen LogP contribution in [0.4, 0.5) is 0 Å². The number of ether oxygens (including phenoxy) is 5. The molecule has 2 heterocycles. The van der Waals surface area contributed by atoms with Crippen LogP contribution in [0.3, 0.4) is 0 Å². The molecule has 0 spiro atoms. The molecular weight excluding hydrogens is 372 g/mol. The minimum Gasteiger partial charge on any atom is -0.463 e. The molecule has 2 fully saturated rings. The highest BCUT2D eigenvalue weighted by molar-refractivity contribution is 5.89. The van der Waals surface area contributed by atoms with Crippen molar-refractivity contribution in [1.29, 1.82) is 0 Å². The van der Waals surface area contributed by atoms with E-state index >= 15 is 0 Å². The molecule has 0 unspecified atom stereocenters. The van der Waals surface area contributed by atoms with E-state index in [1.165, 1.54) is 0 Å². The maximum atomic E-state index is 12.7. The Morgan fingerprint density at radius 2 is 1.69 bits per heavy atom. The molecule has 29 heavy (non-hydrogen) atoms. The Balaban J connectivity index is 1.56. The van der Waals surface area contributed by atoms with Gasteiger partial charge in [0.1, 0.15) is 18.0 Å². The van der Waals surface area contributed by atoms with Crippen molar-refractivity contribution in [2.24, 2.45) is 0 Å². The van der Waals surface area contributed by atoms with Crippen molar-refractivity contribution in [3.05, 3.63) is 84.1 Å². The zero-order valence-electron chi connectivity index (χ0n) is 16.4. The number of carbonyl (C=O) groups is 1. The van der Waals surface area contributed by atoms with Crippen molar-refractivity contribution in [1.82, 2.24) is 0 Å². The fourth-order valence-corrected chi connectivity index (χ4v) is 3.49. The summed E-state index contributed by atoms with van der Waals surface area (Å²) in [4.78, 5) is 12.7. The molecule has 0 aromatic heterocycles. The summed E-state index contributed by atoms with van der Waals surface area (Å²) in [6.07, 6.45) is -2.81. The number of benzene rings is 2.